The fraction of sp³-hybridized carbons (Fsp3) is 0.286. The molecule has 3 heterocycles. The third-order valence-corrected chi connectivity index (χ3v) is 5.82. The number of aryl methyl sites for hydroxylation is 1. The summed E-state index contributed by atoms with van der Waals surface area (Å²) in [5.41, 5.74) is 10.3. The van der Waals surface area contributed by atoms with E-state index in [2.05, 4.69) is 19.7 Å². The zero-order valence-corrected chi connectivity index (χ0v) is 17.9. The molecule has 0 saturated carbocycles. The van der Waals surface area contributed by atoms with Crippen molar-refractivity contribution in [3.63, 3.8) is 0 Å². The highest BCUT2D eigenvalue weighted by Crippen LogP contribution is 2.32. The third kappa shape index (κ3) is 4.50. The molecule has 0 aliphatic rings. The number of nitrogens with one attached hydrogen (secondary N) is 1. The molecular formula is C21H24N6O3S. The van der Waals surface area contributed by atoms with Crippen molar-refractivity contribution in [3.8, 4) is 11.1 Å². The lowest BCUT2D eigenvalue weighted by molar-refractivity contribution is 0.265. The quantitative estimate of drug-likeness (QED) is 0.357. The van der Waals surface area contributed by atoms with Gasteiger partial charge in [0.25, 0.3) is 0 Å². The number of hydrogen-bond acceptors (Lipinski definition) is 7. The summed E-state index contributed by atoms with van der Waals surface area (Å²) >= 11 is 0. The van der Waals surface area contributed by atoms with E-state index < -0.39 is 10.0 Å². The summed E-state index contributed by atoms with van der Waals surface area (Å²) in [7, 11) is -3.21. The molecule has 0 amide bonds. The maximum atomic E-state index is 11.2. The van der Waals surface area contributed by atoms with Crippen molar-refractivity contribution in [2.24, 2.45) is 0 Å². The molecule has 0 saturated heterocycles. The molecule has 10 heteroatoms. The number of pyridine rings is 2. The average Bonchev–Trinajstić information content (AvgIpc) is 3.12. The van der Waals surface area contributed by atoms with Crippen molar-refractivity contribution in [3.05, 3.63) is 48.5 Å². The topological polar surface area (TPSA) is 136 Å². The Morgan fingerprint density at radius 3 is 2.71 bits per heavy atom. The number of benzene rings is 1. The fourth-order valence-electron chi connectivity index (χ4n) is 3.69. The maximum Gasteiger partial charge on any atom is 0.208 e. The molecule has 3 aromatic heterocycles. The summed E-state index contributed by atoms with van der Waals surface area (Å²) in [5, 5.41) is 10.7. The van der Waals surface area contributed by atoms with E-state index in [1.165, 1.54) is 0 Å². The zero-order chi connectivity index (χ0) is 22.0. The molecular weight excluding hydrogens is 416 g/mol. The van der Waals surface area contributed by atoms with Crippen molar-refractivity contribution >= 4 is 37.8 Å². The molecule has 0 atom stereocenters. The number of rotatable bonds is 8. The first-order valence-corrected chi connectivity index (χ1v) is 11.8. The number of anilines is 1. The van der Waals surface area contributed by atoms with Gasteiger partial charge < -0.3 is 15.4 Å². The standard InChI is InChI=1S/C21H24N6O3S/c1-31(29,30)24-9-2-3-10-27-18(13-28)26-19-20(27)16-7-6-14(11-17(16)25-21(19)22)15-5-4-8-23-12-15/h4-8,11-12,24,28H,2-3,9-10,13H2,1H3,(H2,22,25). The van der Waals surface area contributed by atoms with Gasteiger partial charge >= 0.3 is 0 Å². The molecule has 0 radical (unpaired) electrons. The second-order valence-corrected chi connectivity index (χ2v) is 9.21. The van der Waals surface area contributed by atoms with Gasteiger partial charge in [-0.05, 0) is 30.5 Å². The lowest BCUT2D eigenvalue weighted by Crippen LogP contribution is -2.23. The number of unbranched alkanes of at least 4 members (excludes halogenated alkanes) is 1. The number of nitrogen functional groups attached to an aromatic ring is 1. The number of aliphatic hydroxyl groups is 1. The third-order valence-electron chi connectivity index (χ3n) is 5.09. The molecule has 0 aliphatic heterocycles. The first-order valence-electron chi connectivity index (χ1n) is 9.91. The highest BCUT2D eigenvalue weighted by Gasteiger charge is 2.17. The first kappa shape index (κ1) is 21.2. The summed E-state index contributed by atoms with van der Waals surface area (Å²) in [6.45, 7) is 0.699. The van der Waals surface area contributed by atoms with E-state index in [9.17, 15) is 13.5 Å². The SMILES string of the molecule is CS(=O)(=O)NCCCCn1c(CO)nc2c(N)nc3cc(-c4cccnc4)ccc3c21. The van der Waals surface area contributed by atoms with Crippen LogP contribution in [0.5, 0.6) is 0 Å². The van der Waals surface area contributed by atoms with E-state index in [1.807, 2.05) is 34.9 Å². The van der Waals surface area contributed by atoms with Crippen molar-refractivity contribution in [1.29, 1.82) is 0 Å². The van der Waals surface area contributed by atoms with Crippen LogP contribution in [-0.4, -0.2) is 45.8 Å². The number of sulfonamides is 1. The van der Waals surface area contributed by atoms with Gasteiger partial charge in [0.15, 0.2) is 5.82 Å². The second-order valence-electron chi connectivity index (χ2n) is 7.38. The van der Waals surface area contributed by atoms with Crippen molar-refractivity contribution in [2.45, 2.75) is 26.0 Å². The minimum Gasteiger partial charge on any atom is -0.388 e. The number of imidazole rings is 1. The van der Waals surface area contributed by atoms with Crippen LogP contribution in [0.15, 0.2) is 42.7 Å². The van der Waals surface area contributed by atoms with Crippen molar-refractivity contribution in [2.75, 3.05) is 18.5 Å². The van der Waals surface area contributed by atoms with Gasteiger partial charge in [0.2, 0.25) is 10.0 Å². The Bertz CT molecular complexity index is 1340. The van der Waals surface area contributed by atoms with Crippen LogP contribution in [0.1, 0.15) is 18.7 Å². The van der Waals surface area contributed by atoms with Crippen LogP contribution >= 0.6 is 0 Å². The monoisotopic (exact) mass is 440 g/mol. The average molecular weight is 441 g/mol. The van der Waals surface area contributed by atoms with Gasteiger partial charge in [-0.2, -0.15) is 0 Å². The van der Waals surface area contributed by atoms with Crippen molar-refractivity contribution < 1.29 is 13.5 Å². The maximum absolute atomic E-state index is 11.2. The molecule has 0 aliphatic carbocycles. The Kier molecular flexibility index (Phi) is 5.86. The van der Waals surface area contributed by atoms with Crippen LogP contribution in [0.4, 0.5) is 5.82 Å². The predicted molar refractivity (Wildman–Crippen MR) is 121 cm³/mol. The lowest BCUT2D eigenvalue weighted by Gasteiger charge is -2.11. The van der Waals surface area contributed by atoms with Crippen LogP contribution in [0.25, 0.3) is 33.1 Å². The van der Waals surface area contributed by atoms with Crippen LogP contribution < -0.4 is 10.5 Å². The highest BCUT2D eigenvalue weighted by molar-refractivity contribution is 7.88. The molecule has 0 fully saturated rings. The van der Waals surface area contributed by atoms with Gasteiger partial charge in [0, 0.05) is 36.4 Å². The fourth-order valence-corrected chi connectivity index (χ4v) is 4.20. The Morgan fingerprint density at radius 1 is 1.16 bits per heavy atom. The molecule has 0 spiro atoms. The normalized spacial score (nSPS) is 12.1. The van der Waals surface area contributed by atoms with Crippen LogP contribution in [0, 0.1) is 0 Å². The summed E-state index contributed by atoms with van der Waals surface area (Å²) in [4.78, 5) is 13.2. The molecule has 162 valence electrons. The predicted octanol–water partition coefficient (Wildman–Crippen LogP) is 2.05. The van der Waals surface area contributed by atoms with E-state index >= 15 is 0 Å². The molecule has 4 N–H and O–H groups in total. The van der Waals surface area contributed by atoms with Gasteiger partial charge in [-0.25, -0.2) is 23.1 Å². The lowest BCUT2D eigenvalue weighted by atomic mass is 10.0. The number of nitrogens with two attached hydrogens (primary N) is 1. The summed E-state index contributed by atoms with van der Waals surface area (Å²) in [5.74, 6) is 0.807. The van der Waals surface area contributed by atoms with Crippen molar-refractivity contribution in [1.82, 2.24) is 24.2 Å². The number of aromatic nitrogens is 4. The van der Waals surface area contributed by atoms with Gasteiger partial charge in [0.05, 0.1) is 17.3 Å². The molecule has 4 aromatic rings. The minimum atomic E-state index is -3.21. The van der Waals surface area contributed by atoms with Crippen LogP contribution in [0.2, 0.25) is 0 Å². The van der Waals surface area contributed by atoms with Gasteiger partial charge in [-0.15, -0.1) is 0 Å². The minimum absolute atomic E-state index is 0.231. The molecule has 0 unspecified atom stereocenters. The molecule has 0 bridgehead atoms. The van der Waals surface area contributed by atoms with E-state index in [1.54, 1.807) is 12.4 Å². The molecule has 4 rings (SSSR count). The Labute approximate surface area is 180 Å². The summed E-state index contributed by atoms with van der Waals surface area (Å²) < 4.78 is 26.9. The van der Waals surface area contributed by atoms with Gasteiger partial charge in [0.1, 0.15) is 17.9 Å². The smallest absolute Gasteiger partial charge is 0.208 e. The summed E-state index contributed by atoms with van der Waals surface area (Å²) in [6, 6.07) is 9.81. The van der Waals surface area contributed by atoms with E-state index in [0.29, 0.717) is 43.1 Å². The van der Waals surface area contributed by atoms with E-state index in [4.69, 9.17) is 5.73 Å². The van der Waals surface area contributed by atoms with Crippen LogP contribution in [0.3, 0.4) is 0 Å². The second kappa shape index (κ2) is 8.58. The number of hydrogen-bond donors (Lipinski definition) is 3. The molecule has 9 nitrogen and oxygen atoms in total. The largest absolute Gasteiger partial charge is 0.388 e. The number of aliphatic hydroxyl groups excluding tert-OH is 1. The number of fused-ring (bicyclic) bond motifs is 3. The van der Waals surface area contributed by atoms with E-state index in [0.717, 1.165) is 33.8 Å². The first-order chi connectivity index (χ1) is 14.9. The van der Waals surface area contributed by atoms with E-state index in [-0.39, 0.29) is 6.61 Å². The Balaban J connectivity index is 1.72. The zero-order valence-electron chi connectivity index (χ0n) is 17.1. The Morgan fingerprint density at radius 2 is 2.00 bits per heavy atom. The Hall–Kier alpha value is -3.08. The highest BCUT2D eigenvalue weighted by atomic mass is 32.2. The number of nitrogens with zero attached hydrogens (tertiary/aromatic N) is 4. The molecule has 31 heavy (non-hydrogen) atoms. The summed E-state index contributed by atoms with van der Waals surface area (Å²) in [6.07, 6.45) is 6.02. The van der Waals surface area contributed by atoms with Gasteiger partial charge in [-0.3, -0.25) is 4.98 Å². The van der Waals surface area contributed by atoms with Gasteiger partial charge in [-0.1, -0.05) is 18.2 Å². The molecule has 1 aromatic carbocycles. The van der Waals surface area contributed by atoms with Crippen LogP contribution in [-0.2, 0) is 23.2 Å².